The van der Waals surface area contributed by atoms with Crippen LogP contribution in [0.4, 0.5) is 0 Å². The zero-order valence-electron chi connectivity index (χ0n) is 10.8. The third-order valence-electron chi connectivity index (χ3n) is 2.98. The Kier molecular flexibility index (Phi) is 5.93. The SMILES string of the molecule is CN/N=C(/C(=O)NC1CCNCC1)C(C)NC. The maximum atomic E-state index is 12.1. The number of hydrogen-bond donors (Lipinski definition) is 4. The van der Waals surface area contributed by atoms with Crippen molar-refractivity contribution >= 4 is 11.6 Å². The summed E-state index contributed by atoms with van der Waals surface area (Å²) in [5.41, 5.74) is 3.17. The third-order valence-corrected chi connectivity index (χ3v) is 2.98. The molecule has 0 aromatic heterocycles. The number of carbonyl (C=O) groups is 1. The molecule has 1 rings (SSSR count). The Morgan fingerprint density at radius 1 is 1.35 bits per heavy atom. The molecule has 0 aromatic rings. The predicted molar refractivity (Wildman–Crippen MR) is 69.1 cm³/mol. The number of rotatable bonds is 5. The minimum Gasteiger partial charge on any atom is -0.348 e. The van der Waals surface area contributed by atoms with Gasteiger partial charge in [-0.2, -0.15) is 5.10 Å². The largest absolute Gasteiger partial charge is 0.348 e. The quantitative estimate of drug-likeness (QED) is 0.369. The molecule has 4 N–H and O–H groups in total. The highest BCUT2D eigenvalue weighted by Crippen LogP contribution is 2.02. The van der Waals surface area contributed by atoms with Crippen LogP contribution in [0.25, 0.3) is 0 Å². The average Bonchev–Trinajstić information content (AvgIpc) is 2.36. The lowest BCUT2D eigenvalue weighted by Gasteiger charge is -2.24. The van der Waals surface area contributed by atoms with E-state index >= 15 is 0 Å². The molecule has 6 heteroatoms. The molecule has 1 amide bonds. The molecule has 1 heterocycles. The van der Waals surface area contributed by atoms with Crippen LogP contribution in [-0.2, 0) is 4.79 Å². The Morgan fingerprint density at radius 2 is 2.00 bits per heavy atom. The van der Waals surface area contributed by atoms with Crippen LogP contribution in [0.5, 0.6) is 0 Å². The highest BCUT2D eigenvalue weighted by molar-refractivity contribution is 6.40. The van der Waals surface area contributed by atoms with Crippen LogP contribution in [0.1, 0.15) is 19.8 Å². The zero-order valence-corrected chi connectivity index (χ0v) is 10.8. The van der Waals surface area contributed by atoms with Gasteiger partial charge in [-0.15, -0.1) is 0 Å². The van der Waals surface area contributed by atoms with Gasteiger partial charge in [-0.25, -0.2) is 0 Å². The Balaban J connectivity index is 2.55. The first-order valence-electron chi connectivity index (χ1n) is 6.12. The normalized spacial score (nSPS) is 19.8. The van der Waals surface area contributed by atoms with Crippen LogP contribution in [-0.4, -0.2) is 50.9 Å². The third kappa shape index (κ3) is 4.32. The summed E-state index contributed by atoms with van der Waals surface area (Å²) in [4.78, 5) is 12.1. The first-order valence-corrected chi connectivity index (χ1v) is 6.12. The average molecular weight is 241 g/mol. The summed E-state index contributed by atoms with van der Waals surface area (Å²) in [6, 6.07) is 0.194. The van der Waals surface area contributed by atoms with E-state index in [1.54, 1.807) is 7.05 Å². The lowest BCUT2D eigenvalue weighted by molar-refractivity contribution is -0.115. The van der Waals surface area contributed by atoms with Crippen LogP contribution < -0.4 is 21.4 Å². The first-order chi connectivity index (χ1) is 8.19. The minimum atomic E-state index is -0.0897. The fourth-order valence-electron chi connectivity index (χ4n) is 1.83. The summed E-state index contributed by atoms with van der Waals surface area (Å²) in [5, 5.41) is 13.4. The molecule has 0 aliphatic carbocycles. The monoisotopic (exact) mass is 241 g/mol. The van der Waals surface area contributed by atoms with Crippen LogP contribution in [0, 0.1) is 0 Å². The van der Waals surface area contributed by atoms with Crippen molar-refractivity contribution < 1.29 is 4.79 Å². The van der Waals surface area contributed by atoms with E-state index in [1.807, 2.05) is 14.0 Å². The van der Waals surface area contributed by atoms with Gasteiger partial charge in [0.1, 0.15) is 5.71 Å². The number of hydrazone groups is 1. The summed E-state index contributed by atoms with van der Waals surface area (Å²) in [6.07, 6.45) is 1.96. The second kappa shape index (κ2) is 7.24. The van der Waals surface area contributed by atoms with Gasteiger partial charge in [-0.3, -0.25) is 4.79 Å². The van der Waals surface area contributed by atoms with Crippen molar-refractivity contribution in [2.24, 2.45) is 5.10 Å². The van der Waals surface area contributed by atoms with Gasteiger partial charge < -0.3 is 21.4 Å². The van der Waals surface area contributed by atoms with Crippen molar-refractivity contribution in [3.8, 4) is 0 Å². The molecular weight excluding hydrogens is 218 g/mol. The maximum Gasteiger partial charge on any atom is 0.269 e. The fraction of sp³-hybridized carbons (Fsp3) is 0.818. The van der Waals surface area contributed by atoms with E-state index in [2.05, 4.69) is 26.5 Å². The highest BCUT2D eigenvalue weighted by atomic mass is 16.2. The number of nitrogens with zero attached hydrogens (tertiary/aromatic N) is 1. The molecule has 98 valence electrons. The molecule has 0 bridgehead atoms. The minimum absolute atomic E-state index is 0.0656. The first kappa shape index (κ1) is 13.9. The molecule has 0 saturated carbocycles. The van der Waals surface area contributed by atoms with E-state index in [0.717, 1.165) is 25.9 Å². The van der Waals surface area contributed by atoms with Gasteiger partial charge in [0.2, 0.25) is 0 Å². The molecule has 0 aromatic carbocycles. The van der Waals surface area contributed by atoms with Crippen molar-refractivity contribution in [1.82, 2.24) is 21.4 Å². The van der Waals surface area contributed by atoms with Crippen molar-refractivity contribution in [2.45, 2.75) is 31.8 Å². The van der Waals surface area contributed by atoms with Gasteiger partial charge in [0.25, 0.3) is 5.91 Å². The summed E-state index contributed by atoms with van der Waals surface area (Å²) in [5.74, 6) is -0.0897. The van der Waals surface area contributed by atoms with Gasteiger partial charge in [0.15, 0.2) is 0 Å². The second-order valence-corrected chi connectivity index (χ2v) is 4.23. The Hall–Kier alpha value is -1.14. The van der Waals surface area contributed by atoms with Crippen LogP contribution in [0.2, 0.25) is 0 Å². The molecular formula is C11H23N5O. The maximum absolute atomic E-state index is 12.1. The van der Waals surface area contributed by atoms with Gasteiger partial charge in [0, 0.05) is 13.1 Å². The highest BCUT2D eigenvalue weighted by Gasteiger charge is 2.22. The van der Waals surface area contributed by atoms with Crippen LogP contribution in [0.15, 0.2) is 5.10 Å². The molecule has 1 atom stereocenters. The lowest BCUT2D eigenvalue weighted by Crippen LogP contribution is -2.49. The summed E-state index contributed by atoms with van der Waals surface area (Å²) in [6.45, 7) is 3.84. The number of amides is 1. The number of nitrogens with one attached hydrogen (secondary N) is 4. The molecule has 1 saturated heterocycles. The molecule has 1 unspecified atom stereocenters. The van der Waals surface area contributed by atoms with E-state index in [1.165, 1.54) is 0 Å². The standard InChI is InChI=1S/C11H23N5O/c1-8(12-2)10(16-13-3)11(17)15-9-4-6-14-7-5-9/h8-9,12-14H,4-7H2,1-3H3,(H,15,17)/b16-10+. The van der Waals surface area contributed by atoms with E-state index in [9.17, 15) is 4.79 Å². The van der Waals surface area contributed by atoms with E-state index in [-0.39, 0.29) is 18.0 Å². The smallest absolute Gasteiger partial charge is 0.269 e. The zero-order chi connectivity index (χ0) is 12.7. The summed E-state index contributed by atoms with van der Waals surface area (Å²) < 4.78 is 0. The number of piperidine rings is 1. The van der Waals surface area contributed by atoms with Crippen LogP contribution >= 0.6 is 0 Å². The molecule has 1 fully saturated rings. The van der Waals surface area contributed by atoms with Gasteiger partial charge in [-0.1, -0.05) is 0 Å². The summed E-state index contributed by atoms with van der Waals surface area (Å²) >= 11 is 0. The van der Waals surface area contributed by atoms with E-state index in [4.69, 9.17) is 0 Å². The molecule has 0 spiro atoms. The topological polar surface area (TPSA) is 77.5 Å². The molecule has 1 aliphatic rings. The second-order valence-electron chi connectivity index (χ2n) is 4.23. The fourth-order valence-corrected chi connectivity index (χ4v) is 1.83. The molecule has 17 heavy (non-hydrogen) atoms. The van der Waals surface area contributed by atoms with Crippen molar-refractivity contribution in [2.75, 3.05) is 27.2 Å². The predicted octanol–water partition coefficient (Wildman–Crippen LogP) is -0.962. The molecule has 0 radical (unpaired) electrons. The Bertz CT molecular complexity index is 273. The van der Waals surface area contributed by atoms with Crippen molar-refractivity contribution in [1.29, 1.82) is 0 Å². The van der Waals surface area contributed by atoms with E-state index in [0.29, 0.717) is 5.71 Å². The summed E-state index contributed by atoms with van der Waals surface area (Å²) in [7, 11) is 3.51. The molecule has 6 nitrogen and oxygen atoms in total. The van der Waals surface area contributed by atoms with Crippen LogP contribution in [0.3, 0.4) is 0 Å². The number of hydrogen-bond acceptors (Lipinski definition) is 5. The van der Waals surface area contributed by atoms with Crippen molar-refractivity contribution in [3.63, 3.8) is 0 Å². The Labute approximate surface area is 103 Å². The van der Waals surface area contributed by atoms with Gasteiger partial charge in [0.05, 0.1) is 6.04 Å². The lowest BCUT2D eigenvalue weighted by atomic mass is 10.1. The van der Waals surface area contributed by atoms with Gasteiger partial charge >= 0.3 is 0 Å². The van der Waals surface area contributed by atoms with Crippen molar-refractivity contribution in [3.05, 3.63) is 0 Å². The van der Waals surface area contributed by atoms with E-state index < -0.39 is 0 Å². The Morgan fingerprint density at radius 3 is 2.53 bits per heavy atom. The number of carbonyl (C=O) groups excluding carboxylic acids is 1. The van der Waals surface area contributed by atoms with Gasteiger partial charge in [-0.05, 0) is 39.9 Å². The molecule has 1 aliphatic heterocycles.